The van der Waals surface area contributed by atoms with E-state index in [1.807, 2.05) is 18.7 Å². The lowest BCUT2D eigenvalue weighted by molar-refractivity contribution is 0.292. The van der Waals surface area contributed by atoms with Crippen molar-refractivity contribution in [3.63, 3.8) is 0 Å². The van der Waals surface area contributed by atoms with Gasteiger partial charge in [-0.15, -0.1) is 0 Å². The Bertz CT molecular complexity index is 281. The SMILES string of the molecule is Cc1nn(C)c(C)c1CNCCO. The van der Waals surface area contributed by atoms with Crippen LogP contribution in [0.4, 0.5) is 0 Å². The van der Waals surface area contributed by atoms with E-state index in [-0.39, 0.29) is 6.61 Å². The largest absolute Gasteiger partial charge is 0.395 e. The van der Waals surface area contributed by atoms with Gasteiger partial charge in [-0.1, -0.05) is 0 Å². The number of hydrogen-bond donors (Lipinski definition) is 2. The monoisotopic (exact) mass is 183 g/mol. The average molecular weight is 183 g/mol. The molecule has 13 heavy (non-hydrogen) atoms. The zero-order valence-corrected chi connectivity index (χ0v) is 8.46. The summed E-state index contributed by atoms with van der Waals surface area (Å²) in [6.45, 7) is 5.65. The summed E-state index contributed by atoms with van der Waals surface area (Å²) in [4.78, 5) is 0. The van der Waals surface area contributed by atoms with E-state index in [0.29, 0.717) is 6.54 Å². The van der Waals surface area contributed by atoms with E-state index < -0.39 is 0 Å². The molecule has 0 unspecified atom stereocenters. The summed E-state index contributed by atoms with van der Waals surface area (Å²) in [7, 11) is 1.94. The van der Waals surface area contributed by atoms with E-state index in [1.54, 1.807) is 0 Å². The van der Waals surface area contributed by atoms with Gasteiger partial charge in [0.1, 0.15) is 0 Å². The molecule has 0 saturated carbocycles. The third-order valence-electron chi connectivity index (χ3n) is 2.25. The van der Waals surface area contributed by atoms with Crippen LogP contribution in [0.25, 0.3) is 0 Å². The number of aromatic nitrogens is 2. The van der Waals surface area contributed by atoms with Crippen molar-refractivity contribution in [3.05, 3.63) is 17.0 Å². The van der Waals surface area contributed by atoms with Crippen LogP contribution in [0.15, 0.2) is 0 Å². The maximum atomic E-state index is 8.60. The minimum atomic E-state index is 0.179. The van der Waals surface area contributed by atoms with Gasteiger partial charge >= 0.3 is 0 Å². The lowest BCUT2D eigenvalue weighted by Gasteiger charge is -2.02. The van der Waals surface area contributed by atoms with E-state index in [2.05, 4.69) is 17.3 Å². The Kier molecular flexibility index (Phi) is 3.45. The van der Waals surface area contributed by atoms with Crippen LogP contribution >= 0.6 is 0 Å². The Morgan fingerprint density at radius 3 is 2.62 bits per heavy atom. The summed E-state index contributed by atoms with van der Waals surface area (Å²) in [5.41, 5.74) is 3.48. The molecule has 74 valence electrons. The topological polar surface area (TPSA) is 50.1 Å². The third kappa shape index (κ3) is 2.29. The predicted octanol–water partition coefficient (Wildman–Crippen LogP) is 0.119. The van der Waals surface area contributed by atoms with E-state index >= 15 is 0 Å². The van der Waals surface area contributed by atoms with Crippen molar-refractivity contribution < 1.29 is 5.11 Å². The number of nitrogens with one attached hydrogen (secondary N) is 1. The lowest BCUT2D eigenvalue weighted by Crippen LogP contribution is -2.18. The molecule has 2 N–H and O–H groups in total. The molecule has 0 aliphatic rings. The van der Waals surface area contributed by atoms with Crippen LogP contribution in [0.5, 0.6) is 0 Å². The summed E-state index contributed by atoms with van der Waals surface area (Å²) < 4.78 is 1.88. The van der Waals surface area contributed by atoms with Crippen molar-refractivity contribution in [3.8, 4) is 0 Å². The van der Waals surface area contributed by atoms with Gasteiger partial charge in [-0.05, 0) is 13.8 Å². The van der Waals surface area contributed by atoms with Gasteiger partial charge in [0, 0.05) is 31.4 Å². The summed E-state index contributed by atoms with van der Waals surface area (Å²) in [5.74, 6) is 0. The Hall–Kier alpha value is -0.870. The summed E-state index contributed by atoms with van der Waals surface area (Å²) in [6, 6.07) is 0. The van der Waals surface area contributed by atoms with Crippen LogP contribution in [0, 0.1) is 13.8 Å². The van der Waals surface area contributed by atoms with Crippen LogP contribution in [-0.4, -0.2) is 28.0 Å². The molecule has 0 bridgehead atoms. The number of nitrogens with zero attached hydrogens (tertiary/aromatic N) is 2. The molecule has 0 spiro atoms. The van der Waals surface area contributed by atoms with Crippen molar-refractivity contribution in [2.75, 3.05) is 13.2 Å². The van der Waals surface area contributed by atoms with Gasteiger partial charge < -0.3 is 10.4 Å². The average Bonchev–Trinajstić information content (AvgIpc) is 2.32. The maximum absolute atomic E-state index is 8.60. The second-order valence-corrected chi connectivity index (χ2v) is 3.17. The number of rotatable bonds is 4. The molecule has 0 radical (unpaired) electrons. The summed E-state index contributed by atoms with van der Waals surface area (Å²) >= 11 is 0. The van der Waals surface area contributed by atoms with Crippen LogP contribution in [0.1, 0.15) is 17.0 Å². The molecular formula is C9H17N3O. The molecule has 4 heteroatoms. The highest BCUT2D eigenvalue weighted by Gasteiger charge is 2.07. The van der Waals surface area contributed by atoms with E-state index in [9.17, 15) is 0 Å². The molecule has 1 rings (SSSR count). The zero-order chi connectivity index (χ0) is 9.84. The molecular weight excluding hydrogens is 166 g/mol. The Morgan fingerprint density at radius 2 is 2.15 bits per heavy atom. The number of aryl methyl sites for hydroxylation is 2. The molecule has 0 aliphatic heterocycles. The quantitative estimate of drug-likeness (QED) is 0.652. The van der Waals surface area contributed by atoms with Gasteiger partial charge in [0.05, 0.1) is 12.3 Å². The fraction of sp³-hybridized carbons (Fsp3) is 0.667. The van der Waals surface area contributed by atoms with Crippen molar-refractivity contribution in [1.29, 1.82) is 0 Å². The Labute approximate surface area is 78.6 Å². The van der Waals surface area contributed by atoms with Gasteiger partial charge in [-0.25, -0.2) is 0 Å². The highest BCUT2D eigenvalue weighted by atomic mass is 16.3. The van der Waals surface area contributed by atoms with Crippen LogP contribution in [0.3, 0.4) is 0 Å². The van der Waals surface area contributed by atoms with Crippen molar-refractivity contribution in [2.45, 2.75) is 20.4 Å². The smallest absolute Gasteiger partial charge is 0.0641 e. The first-order chi connectivity index (χ1) is 6.16. The standard InChI is InChI=1S/C9H17N3O/c1-7-9(6-10-4-5-13)8(2)12(3)11-7/h10,13H,4-6H2,1-3H3. The molecule has 4 nitrogen and oxygen atoms in total. The molecule has 1 aromatic rings. The van der Waals surface area contributed by atoms with E-state index in [4.69, 9.17) is 5.11 Å². The first-order valence-electron chi connectivity index (χ1n) is 4.47. The summed E-state index contributed by atoms with van der Waals surface area (Å²) in [6.07, 6.45) is 0. The van der Waals surface area contributed by atoms with E-state index in [1.165, 1.54) is 11.3 Å². The van der Waals surface area contributed by atoms with Gasteiger partial charge in [0.25, 0.3) is 0 Å². The molecule has 0 fully saturated rings. The van der Waals surface area contributed by atoms with Gasteiger partial charge in [0.15, 0.2) is 0 Å². The van der Waals surface area contributed by atoms with Crippen LogP contribution < -0.4 is 5.32 Å². The minimum absolute atomic E-state index is 0.179. The lowest BCUT2D eigenvalue weighted by atomic mass is 10.2. The van der Waals surface area contributed by atoms with Crippen LogP contribution in [0.2, 0.25) is 0 Å². The van der Waals surface area contributed by atoms with Crippen molar-refractivity contribution in [2.24, 2.45) is 7.05 Å². The van der Waals surface area contributed by atoms with Crippen LogP contribution in [-0.2, 0) is 13.6 Å². The molecule has 0 aliphatic carbocycles. The summed E-state index contributed by atoms with van der Waals surface area (Å²) in [5, 5.41) is 16.1. The van der Waals surface area contributed by atoms with Gasteiger partial charge in [0.2, 0.25) is 0 Å². The number of hydrogen-bond acceptors (Lipinski definition) is 3. The normalized spacial score (nSPS) is 10.8. The predicted molar refractivity (Wildman–Crippen MR) is 51.5 cm³/mol. The second kappa shape index (κ2) is 4.39. The molecule has 0 aromatic carbocycles. The fourth-order valence-electron chi connectivity index (χ4n) is 1.37. The van der Waals surface area contributed by atoms with Crippen molar-refractivity contribution in [1.82, 2.24) is 15.1 Å². The zero-order valence-electron chi connectivity index (χ0n) is 8.46. The molecule has 1 heterocycles. The Balaban J connectivity index is 2.64. The Morgan fingerprint density at radius 1 is 1.46 bits per heavy atom. The van der Waals surface area contributed by atoms with Crippen molar-refractivity contribution >= 4 is 0 Å². The second-order valence-electron chi connectivity index (χ2n) is 3.17. The minimum Gasteiger partial charge on any atom is -0.395 e. The number of aliphatic hydroxyl groups excluding tert-OH is 1. The highest BCUT2D eigenvalue weighted by molar-refractivity contribution is 5.23. The molecule has 1 aromatic heterocycles. The molecule has 0 amide bonds. The number of aliphatic hydroxyl groups is 1. The first kappa shape index (κ1) is 10.2. The van der Waals surface area contributed by atoms with Gasteiger partial charge in [-0.3, -0.25) is 4.68 Å². The van der Waals surface area contributed by atoms with Gasteiger partial charge in [-0.2, -0.15) is 5.10 Å². The first-order valence-corrected chi connectivity index (χ1v) is 4.47. The van der Waals surface area contributed by atoms with E-state index in [0.717, 1.165) is 12.2 Å². The molecule has 0 atom stereocenters. The highest BCUT2D eigenvalue weighted by Crippen LogP contribution is 2.10. The third-order valence-corrected chi connectivity index (χ3v) is 2.25. The molecule has 0 saturated heterocycles. The fourth-order valence-corrected chi connectivity index (χ4v) is 1.37. The maximum Gasteiger partial charge on any atom is 0.0641 e.